The minimum Gasteiger partial charge on any atom is -0.462 e. The number of rotatable bonds is 64. The van der Waals surface area contributed by atoms with E-state index < -0.39 is 6.10 Å². The first-order valence-corrected chi connectivity index (χ1v) is 35.2. The summed E-state index contributed by atoms with van der Waals surface area (Å²) in [6.07, 6.45) is 94.3. The van der Waals surface area contributed by atoms with Gasteiger partial charge in [0.25, 0.3) is 0 Å². The molecule has 6 heteroatoms. The molecule has 1 atom stereocenters. The van der Waals surface area contributed by atoms with Crippen LogP contribution in [0.4, 0.5) is 0 Å². The Kier molecular flexibility index (Phi) is 66.7. The summed E-state index contributed by atoms with van der Waals surface area (Å²) >= 11 is 0. The summed E-state index contributed by atoms with van der Waals surface area (Å²) in [5, 5.41) is 0. The van der Waals surface area contributed by atoms with E-state index in [0.717, 1.165) is 109 Å². The summed E-state index contributed by atoms with van der Waals surface area (Å²) < 4.78 is 17.0. The van der Waals surface area contributed by atoms with Gasteiger partial charge in [-0.1, -0.05) is 304 Å². The minimum atomic E-state index is -0.786. The fourth-order valence-corrected chi connectivity index (χ4v) is 10.0. The predicted octanol–water partition coefficient (Wildman–Crippen LogP) is 24.4. The molecule has 0 heterocycles. The second-order valence-electron chi connectivity index (χ2n) is 23.4. The Morgan fingerprint density at radius 1 is 0.256 bits per heavy atom. The third-order valence-corrected chi connectivity index (χ3v) is 15.3. The average Bonchev–Trinajstić information content (AvgIpc) is 3.47. The van der Waals surface area contributed by atoms with Crippen molar-refractivity contribution in [2.45, 2.75) is 354 Å². The van der Waals surface area contributed by atoms with E-state index in [0.29, 0.717) is 19.3 Å². The van der Waals surface area contributed by atoms with E-state index in [1.54, 1.807) is 0 Å². The Morgan fingerprint density at radius 2 is 0.476 bits per heavy atom. The normalized spacial score (nSPS) is 12.7. The van der Waals surface area contributed by atoms with E-state index in [2.05, 4.69) is 118 Å². The quantitative estimate of drug-likeness (QED) is 0.0261. The Labute approximate surface area is 508 Å². The Bertz CT molecular complexity index is 1590. The molecule has 0 bridgehead atoms. The molecule has 0 fully saturated rings. The SMILES string of the molecule is CC/C=C\C/C=C\C/C=C\C/C=C\C/C=C\CCCCCCCCCCCC(=O)OC(COC(=O)CCCCCCC/C=C\CCCCC)COC(=O)CCCCCCCCCCCCCCCCC/C=C\C/C=C\CCCCCCC. The van der Waals surface area contributed by atoms with Crippen molar-refractivity contribution in [3.8, 4) is 0 Å². The van der Waals surface area contributed by atoms with Crippen molar-refractivity contribution in [1.82, 2.24) is 0 Å². The van der Waals surface area contributed by atoms with Crippen molar-refractivity contribution in [2.24, 2.45) is 0 Å². The van der Waals surface area contributed by atoms with Crippen LogP contribution >= 0.6 is 0 Å². The largest absolute Gasteiger partial charge is 0.462 e. The van der Waals surface area contributed by atoms with Crippen LogP contribution in [0, 0.1) is 0 Å². The maximum absolute atomic E-state index is 12.9. The third-order valence-electron chi connectivity index (χ3n) is 15.3. The summed E-state index contributed by atoms with van der Waals surface area (Å²) in [7, 11) is 0. The minimum absolute atomic E-state index is 0.0805. The number of unbranched alkanes of at least 4 members (excludes halogenated alkanes) is 37. The third kappa shape index (κ3) is 67.1. The summed E-state index contributed by atoms with van der Waals surface area (Å²) in [5.41, 5.74) is 0. The molecule has 0 radical (unpaired) electrons. The second kappa shape index (κ2) is 69.8. The highest BCUT2D eigenvalue weighted by atomic mass is 16.6. The molecule has 0 aromatic rings. The number of hydrogen-bond acceptors (Lipinski definition) is 6. The van der Waals surface area contributed by atoms with Gasteiger partial charge in [0.05, 0.1) is 0 Å². The van der Waals surface area contributed by atoms with Crippen molar-refractivity contribution >= 4 is 17.9 Å². The summed E-state index contributed by atoms with van der Waals surface area (Å²) in [6, 6.07) is 0. The second-order valence-corrected chi connectivity index (χ2v) is 23.4. The van der Waals surface area contributed by atoms with Crippen LogP contribution in [-0.2, 0) is 28.6 Å². The van der Waals surface area contributed by atoms with Crippen LogP contribution in [0.5, 0.6) is 0 Å². The molecule has 0 spiro atoms. The number of allylic oxidation sites excluding steroid dienone is 16. The average molecular weight is 1140 g/mol. The first-order valence-electron chi connectivity index (χ1n) is 35.2. The highest BCUT2D eigenvalue weighted by Gasteiger charge is 2.19. The van der Waals surface area contributed by atoms with Crippen molar-refractivity contribution in [1.29, 1.82) is 0 Å². The van der Waals surface area contributed by atoms with Crippen molar-refractivity contribution in [3.63, 3.8) is 0 Å². The molecule has 0 N–H and O–H groups in total. The monoisotopic (exact) mass is 1140 g/mol. The van der Waals surface area contributed by atoms with E-state index >= 15 is 0 Å². The van der Waals surface area contributed by atoms with Gasteiger partial charge in [-0.05, 0) is 122 Å². The van der Waals surface area contributed by atoms with Crippen LogP contribution in [0.1, 0.15) is 348 Å². The summed E-state index contributed by atoms with van der Waals surface area (Å²) in [6.45, 7) is 6.52. The topological polar surface area (TPSA) is 78.9 Å². The molecule has 1 unspecified atom stereocenters. The lowest BCUT2D eigenvalue weighted by atomic mass is 10.0. The van der Waals surface area contributed by atoms with Gasteiger partial charge in [-0.25, -0.2) is 0 Å². The molecule has 0 aromatic carbocycles. The fraction of sp³-hybridized carbons (Fsp3) is 0.750. The van der Waals surface area contributed by atoms with Gasteiger partial charge >= 0.3 is 17.9 Å². The smallest absolute Gasteiger partial charge is 0.306 e. The maximum atomic E-state index is 12.9. The van der Waals surface area contributed by atoms with Gasteiger partial charge in [-0.15, -0.1) is 0 Å². The molecule has 0 saturated carbocycles. The van der Waals surface area contributed by atoms with Crippen LogP contribution in [-0.4, -0.2) is 37.2 Å². The van der Waals surface area contributed by atoms with Gasteiger partial charge < -0.3 is 14.2 Å². The van der Waals surface area contributed by atoms with Gasteiger partial charge in [0.1, 0.15) is 13.2 Å². The first-order chi connectivity index (χ1) is 40.5. The van der Waals surface area contributed by atoms with Crippen molar-refractivity contribution < 1.29 is 28.6 Å². The highest BCUT2D eigenvalue weighted by Crippen LogP contribution is 2.17. The van der Waals surface area contributed by atoms with E-state index in [1.807, 2.05) is 0 Å². The Morgan fingerprint density at radius 3 is 0.780 bits per heavy atom. The van der Waals surface area contributed by atoms with Crippen molar-refractivity contribution in [3.05, 3.63) is 97.2 Å². The number of carbonyl (C=O) groups is 3. The molecule has 82 heavy (non-hydrogen) atoms. The van der Waals surface area contributed by atoms with Crippen molar-refractivity contribution in [2.75, 3.05) is 13.2 Å². The zero-order valence-corrected chi connectivity index (χ0v) is 54.2. The van der Waals surface area contributed by atoms with Gasteiger partial charge in [0.15, 0.2) is 6.10 Å². The molecule has 472 valence electrons. The molecular weight excluding hydrogens is 1010 g/mol. The maximum Gasteiger partial charge on any atom is 0.306 e. The standard InChI is InChI=1S/C76H132O6/c1-4-7-10-13-16-19-22-25-27-29-31-33-35-37-38-40-41-43-45-47-49-51-54-57-60-63-66-69-75(78)81-72-73(71-80-74(77)68-65-62-59-56-53-24-21-18-15-12-9-6-3)82-76(79)70-67-64-61-58-55-52-50-48-46-44-42-39-36-34-32-30-28-26-23-20-17-14-11-8-5-2/h8,11,17-18,20-22,25-26,28-29,31-32,34,39,42,73H,4-7,9-10,12-16,19,23-24,27,30,33,35-38,40-41,43-72H2,1-3H3/b11-8-,20-17-,21-18-,25-22-,28-26-,31-29-,34-32-,42-39-. The zero-order valence-electron chi connectivity index (χ0n) is 54.2. The molecule has 0 amide bonds. The lowest BCUT2D eigenvalue weighted by molar-refractivity contribution is -0.167. The molecule has 6 nitrogen and oxygen atoms in total. The number of hydrogen-bond donors (Lipinski definition) is 0. The van der Waals surface area contributed by atoms with E-state index in [-0.39, 0.29) is 31.1 Å². The van der Waals surface area contributed by atoms with Crippen LogP contribution in [0.2, 0.25) is 0 Å². The predicted molar refractivity (Wildman–Crippen MR) is 357 cm³/mol. The van der Waals surface area contributed by atoms with E-state index in [4.69, 9.17) is 14.2 Å². The van der Waals surface area contributed by atoms with Crippen LogP contribution in [0.3, 0.4) is 0 Å². The summed E-state index contributed by atoms with van der Waals surface area (Å²) in [4.78, 5) is 38.4. The van der Waals surface area contributed by atoms with Crippen LogP contribution in [0.25, 0.3) is 0 Å². The van der Waals surface area contributed by atoms with Crippen LogP contribution in [0.15, 0.2) is 97.2 Å². The lowest BCUT2D eigenvalue weighted by Crippen LogP contribution is -2.30. The molecule has 0 rings (SSSR count). The van der Waals surface area contributed by atoms with Gasteiger partial charge in [0.2, 0.25) is 0 Å². The van der Waals surface area contributed by atoms with E-state index in [1.165, 1.54) is 199 Å². The molecule has 0 saturated heterocycles. The first kappa shape index (κ1) is 78.3. The molecular formula is C76H132O6. The van der Waals surface area contributed by atoms with Gasteiger partial charge in [-0.2, -0.15) is 0 Å². The van der Waals surface area contributed by atoms with Gasteiger partial charge in [0, 0.05) is 19.3 Å². The van der Waals surface area contributed by atoms with E-state index in [9.17, 15) is 14.4 Å². The molecule has 0 aliphatic carbocycles. The lowest BCUT2D eigenvalue weighted by Gasteiger charge is -2.18. The zero-order chi connectivity index (χ0) is 59.2. The fourth-order valence-electron chi connectivity index (χ4n) is 10.0. The Hall–Kier alpha value is -3.67. The molecule has 0 aliphatic rings. The molecule has 0 aliphatic heterocycles. The molecule has 0 aromatic heterocycles. The number of esters is 3. The van der Waals surface area contributed by atoms with Gasteiger partial charge in [-0.3, -0.25) is 14.4 Å². The number of ether oxygens (including phenoxy) is 3. The summed E-state index contributed by atoms with van der Waals surface area (Å²) in [5.74, 6) is -0.882. The Balaban J connectivity index is 4.26. The number of carbonyl (C=O) groups excluding carboxylic acids is 3. The highest BCUT2D eigenvalue weighted by molar-refractivity contribution is 5.71. The van der Waals surface area contributed by atoms with Crippen LogP contribution < -0.4 is 0 Å².